The van der Waals surface area contributed by atoms with Crippen LogP contribution in [0.25, 0.3) is 0 Å². The number of para-hydroxylation sites is 1. The number of carbonyl (C=O) groups is 2. The van der Waals surface area contributed by atoms with Gasteiger partial charge in [0.05, 0.1) is 17.7 Å². The van der Waals surface area contributed by atoms with Gasteiger partial charge in [0, 0.05) is 6.54 Å². The number of rotatable bonds is 6. The molecule has 24 heavy (non-hydrogen) atoms. The van der Waals surface area contributed by atoms with Crippen molar-refractivity contribution in [3.05, 3.63) is 64.7 Å². The quantitative estimate of drug-likeness (QED) is 0.852. The first-order valence-corrected chi connectivity index (χ1v) is 8.24. The maximum absolute atomic E-state index is 12.4. The topological polar surface area (TPSA) is 58.2 Å². The Morgan fingerprint density at radius 2 is 1.79 bits per heavy atom. The van der Waals surface area contributed by atoms with Crippen molar-refractivity contribution in [2.24, 2.45) is 0 Å². The Kier molecular flexibility index (Phi) is 6.13. The zero-order chi connectivity index (χ0) is 17.5. The molecule has 0 saturated heterocycles. The second-order valence-electron chi connectivity index (χ2n) is 5.96. The third-order valence-electron chi connectivity index (χ3n) is 3.83. The third-order valence-corrected chi connectivity index (χ3v) is 3.83. The van der Waals surface area contributed by atoms with Gasteiger partial charge in [0.25, 0.3) is 5.91 Å². The lowest BCUT2D eigenvalue weighted by Gasteiger charge is -2.12. The number of carbonyl (C=O) groups excluding carboxylic acids is 2. The number of benzene rings is 2. The molecule has 2 aromatic carbocycles. The third kappa shape index (κ3) is 4.69. The minimum atomic E-state index is -0.167. The molecule has 0 radical (unpaired) electrons. The van der Waals surface area contributed by atoms with E-state index in [0.29, 0.717) is 17.8 Å². The van der Waals surface area contributed by atoms with Gasteiger partial charge < -0.3 is 10.6 Å². The number of hydrogen-bond donors (Lipinski definition) is 2. The lowest BCUT2D eigenvalue weighted by Crippen LogP contribution is -2.26. The smallest absolute Gasteiger partial charge is 0.253 e. The van der Waals surface area contributed by atoms with Crippen molar-refractivity contribution in [3.63, 3.8) is 0 Å². The first kappa shape index (κ1) is 17.7. The molecular weight excluding hydrogens is 300 g/mol. The monoisotopic (exact) mass is 324 g/mol. The summed E-state index contributed by atoms with van der Waals surface area (Å²) < 4.78 is 0. The van der Waals surface area contributed by atoms with Crippen molar-refractivity contribution >= 4 is 17.5 Å². The Balaban J connectivity index is 2.10. The van der Waals surface area contributed by atoms with Gasteiger partial charge in [-0.2, -0.15) is 0 Å². The van der Waals surface area contributed by atoms with Crippen LogP contribution in [0.15, 0.2) is 42.5 Å². The maximum Gasteiger partial charge on any atom is 0.253 e. The molecule has 2 rings (SSSR count). The second-order valence-corrected chi connectivity index (χ2v) is 5.96. The van der Waals surface area contributed by atoms with E-state index in [1.54, 1.807) is 18.2 Å². The van der Waals surface area contributed by atoms with Crippen LogP contribution in [0.5, 0.6) is 0 Å². The molecule has 2 N–H and O–H groups in total. The Hall–Kier alpha value is -2.62. The molecule has 0 unspecified atom stereocenters. The summed E-state index contributed by atoms with van der Waals surface area (Å²) in [6, 6.07) is 13.1. The van der Waals surface area contributed by atoms with E-state index >= 15 is 0 Å². The van der Waals surface area contributed by atoms with Gasteiger partial charge in [-0.1, -0.05) is 42.8 Å². The molecule has 126 valence electrons. The van der Waals surface area contributed by atoms with Gasteiger partial charge in [0.2, 0.25) is 5.91 Å². The van der Waals surface area contributed by atoms with E-state index in [9.17, 15) is 9.59 Å². The fourth-order valence-electron chi connectivity index (χ4n) is 2.54. The van der Waals surface area contributed by atoms with Gasteiger partial charge in [0.15, 0.2) is 0 Å². The van der Waals surface area contributed by atoms with Gasteiger partial charge in [0.1, 0.15) is 0 Å². The van der Waals surface area contributed by atoms with E-state index in [1.165, 1.54) is 5.56 Å². The van der Waals surface area contributed by atoms with Crippen molar-refractivity contribution < 1.29 is 9.59 Å². The van der Waals surface area contributed by atoms with E-state index in [-0.39, 0.29) is 18.2 Å². The van der Waals surface area contributed by atoms with Crippen molar-refractivity contribution in [2.45, 2.75) is 33.6 Å². The summed E-state index contributed by atoms with van der Waals surface area (Å²) in [6.45, 7) is 6.64. The van der Waals surface area contributed by atoms with Crippen LogP contribution in [0.1, 0.15) is 40.4 Å². The average Bonchev–Trinajstić information content (AvgIpc) is 2.55. The van der Waals surface area contributed by atoms with Crippen LogP contribution in [-0.4, -0.2) is 18.4 Å². The number of nitrogens with one attached hydrogen (secondary N) is 2. The van der Waals surface area contributed by atoms with Crippen LogP contribution in [-0.2, 0) is 11.2 Å². The summed E-state index contributed by atoms with van der Waals surface area (Å²) in [5.74, 6) is -0.294. The highest BCUT2D eigenvalue weighted by atomic mass is 16.2. The fraction of sp³-hybridized carbons (Fsp3) is 0.300. The number of amides is 2. The summed E-state index contributed by atoms with van der Waals surface area (Å²) in [5, 5.41) is 5.70. The second kappa shape index (κ2) is 8.29. The minimum Gasteiger partial charge on any atom is -0.352 e. The van der Waals surface area contributed by atoms with Crippen molar-refractivity contribution in [2.75, 3.05) is 11.9 Å². The Morgan fingerprint density at radius 3 is 2.50 bits per heavy atom. The zero-order valence-electron chi connectivity index (χ0n) is 14.5. The molecule has 0 bridgehead atoms. The summed E-state index contributed by atoms with van der Waals surface area (Å²) in [5.41, 5.74) is 4.29. The molecule has 0 aliphatic rings. The van der Waals surface area contributed by atoms with E-state index < -0.39 is 0 Å². The fourth-order valence-corrected chi connectivity index (χ4v) is 2.54. The molecule has 0 fully saturated rings. The lowest BCUT2D eigenvalue weighted by molar-refractivity contribution is -0.115. The van der Waals surface area contributed by atoms with E-state index in [0.717, 1.165) is 17.5 Å². The molecule has 2 amide bonds. The van der Waals surface area contributed by atoms with Crippen LogP contribution >= 0.6 is 0 Å². The van der Waals surface area contributed by atoms with Crippen LogP contribution in [0.4, 0.5) is 5.69 Å². The summed E-state index contributed by atoms with van der Waals surface area (Å²) >= 11 is 0. The highest BCUT2D eigenvalue weighted by molar-refractivity contribution is 6.04. The normalized spacial score (nSPS) is 10.3. The SMILES string of the molecule is CCCNC(=O)c1ccccc1NC(=O)Cc1ccc(C)cc1C. The van der Waals surface area contributed by atoms with Gasteiger partial charge in [-0.15, -0.1) is 0 Å². The van der Waals surface area contributed by atoms with Crippen molar-refractivity contribution in [1.29, 1.82) is 0 Å². The molecule has 4 heteroatoms. The van der Waals surface area contributed by atoms with Gasteiger partial charge >= 0.3 is 0 Å². The molecule has 0 aromatic heterocycles. The largest absolute Gasteiger partial charge is 0.352 e. The highest BCUT2D eigenvalue weighted by Crippen LogP contribution is 2.17. The van der Waals surface area contributed by atoms with Gasteiger partial charge in [-0.3, -0.25) is 9.59 Å². The Bertz CT molecular complexity index is 738. The molecule has 0 saturated carbocycles. The standard InChI is InChI=1S/C20H24N2O2/c1-4-11-21-20(24)17-7-5-6-8-18(17)22-19(23)13-16-10-9-14(2)12-15(16)3/h5-10,12H,4,11,13H2,1-3H3,(H,21,24)(H,22,23). The molecule has 4 nitrogen and oxygen atoms in total. The highest BCUT2D eigenvalue weighted by Gasteiger charge is 2.13. The maximum atomic E-state index is 12.4. The number of hydrogen-bond acceptors (Lipinski definition) is 2. The predicted octanol–water partition coefficient (Wildman–Crippen LogP) is 3.62. The Morgan fingerprint density at radius 1 is 1.04 bits per heavy atom. The summed E-state index contributed by atoms with van der Waals surface area (Å²) in [7, 11) is 0. The van der Waals surface area contributed by atoms with E-state index in [2.05, 4.69) is 16.7 Å². The van der Waals surface area contributed by atoms with Crippen LogP contribution in [0.3, 0.4) is 0 Å². The number of aryl methyl sites for hydroxylation is 2. The molecule has 0 atom stereocenters. The molecule has 0 heterocycles. The van der Waals surface area contributed by atoms with Gasteiger partial charge in [-0.25, -0.2) is 0 Å². The molecular formula is C20H24N2O2. The summed E-state index contributed by atoms with van der Waals surface area (Å²) in [6.07, 6.45) is 1.16. The molecule has 2 aromatic rings. The molecule has 0 aliphatic heterocycles. The van der Waals surface area contributed by atoms with Gasteiger partial charge in [-0.05, 0) is 43.5 Å². The van der Waals surface area contributed by atoms with Crippen molar-refractivity contribution in [3.8, 4) is 0 Å². The molecule has 0 aliphatic carbocycles. The lowest BCUT2D eigenvalue weighted by atomic mass is 10.0. The van der Waals surface area contributed by atoms with Crippen LogP contribution < -0.4 is 10.6 Å². The predicted molar refractivity (Wildman–Crippen MR) is 97.3 cm³/mol. The van der Waals surface area contributed by atoms with E-state index in [1.807, 2.05) is 39.0 Å². The number of anilines is 1. The van der Waals surface area contributed by atoms with E-state index in [4.69, 9.17) is 0 Å². The van der Waals surface area contributed by atoms with Crippen LogP contribution in [0, 0.1) is 13.8 Å². The molecule has 0 spiro atoms. The van der Waals surface area contributed by atoms with Crippen molar-refractivity contribution in [1.82, 2.24) is 5.32 Å². The average molecular weight is 324 g/mol. The van der Waals surface area contributed by atoms with Crippen LogP contribution in [0.2, 0.25) is 0 Å². The first-order valence-electron chi connectivity index (χ1n) is 8.24. The Labute approximate surface area is 143 Å². The summed E-state index contributed by atoms with van der Waals surface area (Å²) in [4.78, 5) is 24.6. The minimum absolute atomic E-state index is 0.127. The zero-order valence-corrected chi connectivity index (χ0v) is 14.5. The first-order chi connectivity index (χ1) is 11.5.